The largest absolute Gasteiger partial charge is 0.481 e. The second kappa shape index (κ2) is 10.7. The van der Waals surface area contributed by atoms with E-state index in [9.17, 15) is 24.3 Å². The zero-order valence-corrected chi connectivity index (χ0v) is 19.5. The number of nitrogens with zero attached hydrogens (tertiary/aromatic N) is 1. The van der Waals surface area contributed by atoms with Crippen molar-refractivity contribution in [2.75, 3.05) is 16.8 Å². The van der Waals surface area contributed by atoms with Gasteiger partial charge in [-0.15, -0.1) is 0 Å². The van der Waals surface area contributed by atoms with Gasteiger partial charge in [0.1, 0.15) is 18.3 Å². The van der Waals surface area contributed by atoms with Gasteiger partial charge in [-0.25, -0.2) is 4.79 Å². The molecule has 2 unspecified atom stereocenters. The standard InChI is InChI=1S/C27H25N3O6/c1-17(36-20-10-6-3-7-11-20)26(33)30-16-24(31)28-21-15-19(12-13-23(21)30)25(32)29-22(27(34)35)14-18-8-4-2-5-9-18/h2-13,15,17,22H,14,16H2,1H3,(H,28,31)(H,29,32)(H,34,35). The Bertz CT molecular complexity index is 1280. The highest BCUT2D eigenvalue weighted by atomic mass is 16.5. The Morgan fingerprint density at radius 1 is 1.03 bits per heavy atom. The van der Waals surface area contributed by atoms with Crippen molar-refractivity contribution in [2.45, 2.75) is 25.5 Å². The minimum absolute atomic E-state index is 0.116. The van der Waals surface area contributed by atoms with E-state index in [1.807, 2.05) is 12.1 Å². The number of rotatable bonds is 8. The normalized spacial score (nSPS) is 14.1. The number of aliphatic carboxylic acids is 1. The van der Waals surface area contributed by atoms with Crippen molar-refractivity contribution in [2.24, 2.45) is 0 Å². The molecule has 1 aliphatic rings. The fourth-order valence-electron chi connectivity index (χ4n) is 3.89. The first kappa shape index (κ1) is 24.5. The molecule has 0 fully saturated rings. The van der Waals surface area contributed by atoms with Crippen molar-refractivity contribution in [3.8, 4) is 5.75 Å². The summed E-state index contributed by atoms with van der Waals surface area (Å²) in [5.74, 6) is -2.09. The van der Waals surface area contributed by atoms with Crippen molar-refractivity contribution in [1.29, 1.82) is 0 Å². The molecule has 3 aromatic rings. The molecule has 3 N–H and O–H groups in total. The molecule has 184 valence electrons. The number of carboxylic acid groups (broad SMARTS) is 1. The first-order chi connectivity index (χ1) is 17.3. The zero-order chi connectivity index (χ0) is 25.7. The Hall–Kier alpha value is -4.66. The minimum Gasteiger partial charge on any atom is -0.481 e. The molecule has 0 aliphatic carbocycles. The van der Waals surface area contributed by atoms with Crippen LogP contribution >= 0.6 is 0 Å². The quantitative estimate of drug-likeness (QED) is 0.449. The predicted molar refractivity (Wildman–Crippen MR) is 133 cm³/mol. The van der Waals surface area contributed by atoms with Crippen LogP contribution in [-0.4, -0.2) is 47.5 Å². The third kappa shape index (κ3) is 5.69. The first-order valence-electron chi connectivity index (χ1n) is 11.4. The van der Waals surface area contributed by atoms with E-state index in [1.165, 1.54) is 17.0 Å². The summed E-state index contributed by atoms with van der Waals surface area (Å²) in [6, 6.07) is 21.2. The van der Waals surface area contributed by atoms with Crippen LogP contribution in [0.3, 0.4) is 0 Å². The van der Waals surface area contributed by atoms with E-state index in [4.69, 9.17) is 4.74 Å². The highest BCUT2D eigenvalue weighted by Gasteiger charge is 2.31. The van der Waals surface area contributed by atoms with E-state index < -0.39 is 35.8 Å². The van der Waals surface area contributed by atoms with Crippen LogP contribution in [0.5, 0.6) is 5.75 Å². The van der Waals surface area contributed by atoms with Gasteiger partial charge in [0.25, 0.3) is 11.8 Å². The van der Waals surface area contributed by atoms with Gasteiger partial charge < -0.3 is 20.5 Å². The number of ether oxygens (including phenoxy) is 1. The maximum Gasteiger partial charge on any atom is 0.326 e. The Labute approximate surface area is 207 Å². The van der Waals surface area contributed by atoms with Gasteiger partial charge in [-0.1, -0.05) is 48.5 Å². The Kier molecular flexibility index (Phi) is 7.29. The lowest BCUT2D eigenvalue weighted by Gasteiger charge is -2.31. The number of carbonyl (C=O) groups excluding carboxylic acids is 3. The molecular formula is C27H25N3O6. The van der Waals surface area contributed by atoms with Crippen LogP contribution in [-0.2, 0) is 20.8 Å². The number of carbonyl (C=O) groups is 4. The summed E-state index contributed by atoms with van der Waals surface area (Å²) in [6.07, 6.45) is -0.742. The molecule has 36 heavy (non-hydrogen) atoms. The van der Waals surface area contributed by atoms with Crippen LogP contribution in [0.1, 0.15) is 22.8 Å². The molecule has 0 radical (unpaired) electrons. The zero-order valence-electron chi connectivity index (χ0n) is 19.5. The molecule has 0 spiro atoms. The average Bonchev–Trinajstić information content (AvgIpc) is 2.88. The van der Waals surface area contributed by atoms with Crippen molar-refractivity contribution < 1.29 is 29.0 Å². The van der Waals surface area contributed by atoms with Crippen LogP contribution in [0.25, 0.3) is 0 Å². The van der Waals surface area contributed by atoms with E-state index in [2.05, 4.69) is 10.6 Å². The Morgan fingerprint density at radius 2 is 1.69 bits per heavy atom. The number of hydrogen-bond donors (Lipinski definition) is 3. The molecule has 9 heteroatoms. The van der Waals surface area contributed by atoms with Gasteiger partial charge in [0.05, 0.1) is 11.4 Å². The molecule has 0 aromatic heterocycles. The second-order valence-electron chi connectivity index (χ2n) is 8.33. The summed E-state index contributed by atoms with van der Waals surface area (Å²) < 4.78 is 5.71. The van der Waals surface area contributed by atoms with Crippen LogP contribution in [0.15, 0.2) is 78.9 Å². The van der Waals surface area contributed by atoms with Gasteiger partial charge in [0, 0.05) is 12.0 Å². The summed E-state index contributed by atoms with van der Waals surface area (Å²) in [5, 5.41) is 14.8. The molecule has 3 amide bonds. The van der Waals surface area contributed by atoms with Crippen molar-refractivity contribution >= 4 is 35.1 Å². The second-order valence-corrected chi connectivity index (χ2v) is 8.33. The maximum atomic E-state index is 13.1. The summed E-state index contributed by atoms with van der Waals surface area (Å²) in [7, 11) is 0. The number of para-hydroxylation sites is 1. The molecular weight excluding hydrogens is 462 g/mol. The third-order valence-electron chi connectivity index (χ3n) is 5.68. The topological polar surface area (TPSA) is 125 Å². The van der Waals surface area contributed by atoms with Crippen LogP contribution in [0.2, 0.25) is 0 Å². The van der Waals surface area contributed by atoms with E-state index in [1.54, 1.807) is 61.5 Å². The van der Waals surface area contributed by atoms with Gasteiger partial charge in [0.2, 0.25) is 5.91 Å². The Morgan fingerprint density at radius 3 is 2.36 bits per heavy atom. The van der Waals surface area contributed by atoms with Gasteiger partial charge in [-0.2, -0.15) is 0 Å². The molecule has 2 atom stereocenters. The number of fused-ring (bicyclic) bond motifs is 1. The maximum absolute atomic E-state index is 13.1. The number of nitrogens with one attached hydrogen (secondary N) is 2. The summed E-state index contributed by atoms with van der Waals surface area (Å²) >= 11 is 0. The fraction of sp³-hybridized carbons (Fsp3) is 0.185. The van der Waals surface area contributed by atoms with E-state index in [-0.39, 0.29) is 24.2 Å². The number of amides is 3. The molecule has 0 saturated carbocycles. The minimum atomic E-state index is -1.16. The first-order valence-corrected chi connectivity index (χ1v) is 11.4. The molecule has 1 heterocycles. The molecule has 4 rings (SSSR count). The van der Waals surface area contributed by atoms with Gasteiger partial charge in [-0.05, 0) is 42.8 Å². The molecule has 9 nitrogen and oxygen atoms in total. The summed E-state index contributed by atoms with van der Waals surface area (Å²) in [6.45, 7) is 1.40. The van der Waals surface area contributed by atoms with Crippen LogP contribution in [0.4, 0.5) is 11.4 Å². The molecule has 0 saturated heterocycles. The van der Waals surface area contributed by atoms with Gasteiger partial charge in [-0.3, -0.25) is 19.3 Å². The fourth-order valence-corrected chi connectivity index (χ4v) is 3.89. The monoisotopic (exact) mass is 487 g/mol. The number of benzene rings is 3. The Balaban J connectivity index is 1.51. The van der Waals surface area contributed by atoms with Crippen molar-refractivity contribution in [3.05, 3.63) is 90.0 Å². The highest BCUT2D eigenvalue weighted by Crippen LogP contribution is 2.31. The average molecular weight is 488 g/mol. The number of carboxylic acids is 1. The molecule has 0 bridgehead atoms. The highest BCUT2D eigenvalue weighted by molar-refractivity contribution is 6.12. The smallest absolute Gasteiger partial charge is 0.326 e. The summed E-state index contributed by atoms with van der Waals surface area (Å²) in [5.41, 5.74) is 1.60. The third-order valence-corrected chi connectivity index (χ3v) is 5.68. The van der Waals surface area contributed by atoms with E-state index in [0.717, 1.165) is 5.56 Å². The number of hydrogen-bond acceptors (Lipinski definition) is 5. The summed E-state index contributed by atoms with van der Waals surface area (Å²) in [4.78, 5) is 51.3. The lowest BCUT2D eigenvalue weighted by atomic mass is 10.0. The van der Waals surface area contributed by atoms with Crippen molar-refractivity contribution in [3.63, 3.8) is 0 Å². The lowest BCUT2D eigenvalue weighted by Crippen LogP contribution is -2.47. The van der Waals surface area contributed by atoms with E-state index in [0.29, 0.717) is 11.4 Å². The SMILES string of the molecule is CC(Oc1ccccc1)C(=O)N1CC(=O)Nc2cc(C(=O)NC(Cc3ccccc3)C(=O)O)ccc21. The number of anilines is 2. The predicted octanol–water partition coefficient (Wildman–Crippen LogP) is 2.86. The van der Waals surface area contributed by atoms with E-state index >= 15 is 0 Å². The van der Waals surface area contributed by atoms with Gasteiger partial charge in [0.15, 0.2) is 6.10 Å². The molecule has 3 aromatic carbocycles. The van der Waals surface area contributed by atoms with Crippen molar-refractivity contribution in [1.82, 2.24) is 5.32 Å². The van der Waals surface area contributed by atoms with Crippen LogP contribution < -0.4 is 20.3 Å². The lowest BCUT2D eigenvalue weighted by molar-refractivity contribution is -0.139. The molecule has 1 aliphatic heterocycles. The van der Waals surface area contributed by atoms with Gasteiger partial charge >= 0.3 is 5.97 Å². The van der Waals surface area contributed by atoms with Crippen LogP contribution in [0, 0.1) is 0 Å².